The molecule has 1 saturated heterocycles. The number of aryl methyl sites for hydroxylation is 2. The van der Waals surface area contributed by atoms with Gasteiger partial charge < -0.3 is 14.5 Å². The molecule has 0 unspecified atom stereocenters. The summed E-state index contributed by atoms with van der Waals surface area (Å²) < 4.78 is 11.6. The molecule has 0 spiro atoms. The number of unbranched alkanes of at least 4 members (excludes halogenated alkanes) is 1. The average molecular weight is 385 g/mol. The maximum absolute atomic E-state index is 12.4. The summed E-state index contributed by atoms with van der Waals surface area (Å²) in [7, 11) is 0. The second-order valence-corrected chi connectivity index (χ2v) is 7.10. The van der Waals surface area contributed by atoms with Gasteiger partial charge in [-0.05, 0) is 67.9 Å². The van der Waals surface area contributed by atoms with Crippen molar-refractivity contribution >= 4 is 29.3 Å². The number of nitrogens with one attached hydrogen (secondary N) is 1. The molecular weight excluding hydrogens is 360 g/mol. The van der Waals surface area contributed by atoms with Gasteiger partial charge in [0.25, 0.3) is 5.91 Å². The Balaban J connectivity index is 1.64. The highest BCUT2D eigenvalue weighted by Gasteiger charge is 2.30. The maximum Gasteiger partial charge on any atom is 0.276 e. The molecule has 2 aromatic rings. The van der Waals surface area contributed by atoms with Crippen LogP contribution in [0.25, 0.3) is 6.08 Å². The SMILES string of the molecule is CCCCN1C(=O)C(=Cc2ccc(COc3cc(C)cc(C)c3)o2)NC1=S. The van der Waals surface area contributed by atoms with Crippen LogP contribution in [0.15, 0.2) is 40.4 Å². The molecule has 1 aliphatic rings. The first-order valence-corrected chi connectivity index (χ1v) is 9.51. The lowest BCUT2D eigenvalue weighted by atomic mass is 10.1. The number of thiocarbonyl (C=S) groups is 1. The van der Waals surface area contributed by atoms with Crippen molar-refractivity contribution in [3.63, 3.8) is 0 Å². The predicted molar refractivity (Wildman–Crippen MR) is 109 cm³/mol. The maximum atomic E-state index is 12.4. The summed E-state index contributed by atoms with van der Waals surface area (Å²) in [5, 5.41) is 3.42. The fourth-order valence-electron chi connectivity index (χ4n) is 2.95. The number of amides is 1. The Morgan fingerprint density at radius 2 is 1.96 bits per heavy atom. The van der Waals surface area contributed by atoms with Crippen molar-refractivity contribution in [1.29, 1.82) is 0 Å². The molecule has 0 atom stereocenters. The van der Waals surface area contributed by atoms with E-state index in [-0.39, 0.29) is 5.91 Å². The monoisotopic (exact) mass is 384 g/mol. The Labute approximate surface area is 165 Å². The van der Waals surface area contributed by atoms with Crippen molar-refractivity contribution in [2.24, 2.45) is 0 Å². The zero-order chi connectivity index (χ0) is 19.4. The van der Waals surface area contributed by atoms with Crippen LogP contribution in [0.5, 0.6) is 5.75 Å². The van der Waals surface area contributed by atoms with Crippen molar-refractivity contribution < 1.29 is 13.9 Å². The summed E-state index contributed by atoms with van der Waals surface area (Å²) in [6.45, 7) is 7.12. The molecule has 1 amide bonds. The van der Waals surface area contributed by atoms with Crippen LogP contribution >= 0.6 is 12.2 Å². The molecule has 1 aromatic heterocycles. The molecule has 0 radical (unpaired) electrons. The second-order valence-electron chi connectivity index (χ2n) is 6.71. The first-order chi connectivity index (χ1) is 13.0. The van der Waals surface area contributed by atoms with Gasteiger partial charge in [-0.3, -0.25) is 9.69 Å². The van der Waals surface area contributed by atoms with Crippen molar-refractivity contribution in [2.45, 2.75) is 40.2 Å². The van der Waals surface area contributed by atoms with Crippen molar-refractivity contribution in [2.75, 3.05) is 6.54 Å². The summed E-state index contributed by atoms with van der Waals surface area (Å²) >= 11 is 5.25. The van der Waals surface area contributed by atoms with Gasteiger partial charge in [0, 0.05) is 12.6 Å². The van der Waals surface area contributed by atoms with Crippen molar-refractivity contribution in [3.8, 4) is 5.75 Å². The number of ether oxygens (including phenoxy) is 1. The largest absolute Gasteiger partial charge is 0.486 e. The van der Waals surface area contributed by atoms with Gasteiger partial charge in [-0.1, -0.05) is 19.4 Å². The van der Waals surface area contributed by atoms with E-state index >= 15 is 0 Å². The third-order valence-corrected chi connectivity index (χ3v) is 4.57. The van der Waals surface area contributed by atoms with Crippen LogP contribution in [0.4, 0.5) is 0 Å². The first-order valence-electron chi connectivity index (χ1n) is 9.10. The Kier molecular flexibility index (Phi) is 5.96. The van der Waals surface area contributed by atoms with Crippen LogP contribution in [0, 0.1) is 13.8 Å². The number of hydrogen-bond donors (Lipinski definition) is 1. The number of hydrogen-bond acceptors (Lipinski definition) is 4. The number of carbonyl (C=O) groups is 1. The number of carbonyl (C=O) groups excluding carboxylic acids is 1. The van der Waals surface area contributed by atoms with Crippen LogP contribution in [0.1, 0.15) is 42.4 Å². The fourth-order valence-corrected chi connectivity index (χ4v) is 3.24. The molecule has 0 saturated carbocycles. The number of benzene rings is 1. The smallest absolute Gasteiger partial charge is 0.276 e. The van der Waals surface area contributed by atoms with Crippen LogP contribution in [-0.4, -0.2) is 22.5 Å². The molecule has 0 aliphatic carbocycles. The van der Waals surface area contributed by atoms with E-state index in [9.17, 15) is 4.79 Å². The van der Waals surface area contributed by atoms with Crippen molar-refractivity contribution in [1.82, 2.24) is 10.2 Å². The summed E-state index contributed by atoms with van der Waals surface area (Å²) in [6.07, 6.45) is 3.61. The van der Waals surface area contributed by atoms with Gasteiger partial charge in [0.05, 0.1) is 0 Å². The zero-order valence-electron chi connectivity index (χ0n) is 15.9. The second kappa shape index (κ2) is 8.39. The molecular formula is C21H24N2O3S. The summed E-state index contributed by atoms with van der Waals surface area (Å²) in [4.78, 5) is 14.0. The molecule has 0 bridgehead atoms. The Hall–Kier alpha value is -2.60. The lowest BCUT2D eigenvalue weighted by Gasteiger charge is -2.12. The molecule has 1 aromatic carbocycles. The molecule has 142 valence electrons. The quantitative estimate of drug-likeness (QED) is 0.569. The summed E-state index contributed by atoms with van der Waals surface area (Å²) in [6, 6.07) is 9.75. The van der Waals surface area contributed by atoms with Gasteiger partial charge in [-0.2, -0.15) is 0 Å². The number of nitrogens with zero attached hydrogens (tertiary/aromatic N) is 1. The van der Waals surface area contributed by atoms with Crippen LogP contribution in [-0.2, 0) is 11.4 Å². The lowest BCUT2D eigenvalue weighted by molar-refractivity contribution is -0.122. The molecule has 27 heavy (non-hydrogen) atoms. The van der Waals surface area contributed by atoms with E-state index in [1.807, 2.05) is 38.1 Å². The average Bonchev–Trinajstić information content (AvgIpc) is 3.16. The van der Waals surface area contributed by atoms with Crippen LogP contribution < -0.4 is 10.1 Å². The normalized spacial score (nSPS) is 15.5. The van der Waals surface area contributed by atoms with Crippen LogP contribution in [0.2, 0.25) is 0 Å². The van der Waals surface area contributed by atoms with Gasteiger partial charge >= 0.3 is 0 Å². The third kappa shape index (κ3) is 4.77. The van der Waals surface area contributed by atoms with Gasteiger partial charge in [0.1, 0.15) is 29.6 Å². The highest BCUT2D eigenvalue weighted by Crippen LogP contribution is 2.20. The minimum absolute atomic E-state index is 0.113. The summed E-state index contributed by atoms with van der Waals surface area (Å²) in [5.41, 5.74) is 2.75. The fraction of sp³-hybridized carbons (Fsp3) is 0.333. The van der Waals surface area contributed by atoms with E-state index in [1.165, 1.54) is 0 Å². The predicted octanol–water partition coefficient (Wildman–Crippen LogP) is 4.33. The van der Waals surface area contributed by atoms with Crippen molar-refractivity contribution in [3.05, 3.63) is 58.7 Å². The van der Waals surface area contributed by atoms with E-state index in [2.05, 4.69) is 18.3 Å². The van der Waals surface area contributed by atoms with E-state index in [0.717, 1.165) is 29.7 Å². The van der Waals surface area contributed by atoms with E-state index in [1.54, 1.807) is 11.0 Å². The molecule has 1 N–H and O–H groups in total. The van der Waals surface area contributed by atoms with E-state index in [4.69, 9.17) is 21.4 Å². The minimum Gasteiger partial charge on any atom is -0.486 e. The molecule has 6 heteroatoms. The molecule has 2 heterocycles. The number of furan rings is 1. The van der Waals surface area contributed by atoms with Gasteiger partial charge in [-0.15, -0.1) is 0 Å². The Morgan fingerprint density at radius 1 is 1.22 bits per heavy atom. The van der Waals surface area contributed by atoms with E-state index in [0.29, 0.717) is 35.5 Å². The minimum atomic E-state index is -0.113. The van der Waals surface area contributed by atoms with E-state index < -0.39 is 0 Å². The summed E-state index contributed by atoms with van der Waals surface area (Å²) in [5.74, 6) is 1.98. The van der Waals surface area contributed by atoms with Gasteiger partial charge in [0.15, 0.2) is 5.11 Å². The molecule has 3 rings (SSSR count). The Bertz CT molecular complexity index is 865. The van der Waals surface area contributed by atoms with Gasteiger partial charge in [-0.25, -0.2) is 0 Å². The highest BCUT2D eigenvalue weighted by molar-refractivity contribution is 7.80. The molecule has 5 nitrogen and oxygen atoms in total. The molecule has 1 fully saturated rings. The first kappa shape index (κ1) is 19.2. The standard InChI is InChI=1S/C21H24N2O3S/c1-4-5-8-23-20(24)19(22-21(23)27)12-16-6-7-17(26-16)13-25-18-10-14(2)9-15(3)11-18/h6-7,9-12H,4-5,8,13H2,1-3H3,(H,22,27). The lowest BCUT2D eigenvalue weighted by Crippen LogP contribution is -2.31. The van der Waals surface area contributed by atoms with Crippen LogP contribution in [0.3, 0.4) is 0 Å². The highest BCUT2D eigenvalue weighted by atomic mass is 32.1. The Morgan fingerprint density at radius 3 is 2.67 bits per heavy atom. The topological polar surface area (TPSA) is 54.7 Å². The van der Waals surface area contributed by atoms with Gasteiger partial charge in [0.2, 0.25) is 0 Å². The molecule has 1 aliphatic heterocycles. The third-order valence-electron chi connectivity index (χ3n) is 4.24. The number of rotatable bonds is 7. The zero-order valence-corrected chi connectivity index (χ0v) is 16.7.